The molecule has 0 saturated heterocycles. The average Bonchev–Trinajstić information content (AvgIpc) is 3.41. The van der Waals surface area contributed by atoms with Crippen LogP contribution in [0.1, 0.15) is 380 Å². The summed E-state index contributed by atoms with van der Waals surface area (Å²) in [6.45, 7) is 4.92. The summed E-state index contributed by atoms with van der Waals surface area (Å²) in [7, 11) is 0. The molecule has 0 radical (unpaired) electrons. The minimum atomic E-state index is -0.854. The Labute approximate surface area is 469 Å². The third-order valence-electron chi connectivity index (χ3n) is 16.0. The number of esters is 1. The lowest BCUT2D eigenvalue weighted by Gasteiger charge is -2.20. The lowest BCUT2D eigenvalue weighted by atomic mass is 10.0. The number of amides is 1. The van der Waals surface area contributed by atoms with Crippen LogP contribution in [-0.4, -0.2) is 47.4 Å². The highest BCUT2D eigenvalue weighted by Gasteiger charge is 2.18. The van der Waals surface area contributed by atoms with Crippen molar-refractivity contribution in [3.05, 3.63) is 24.3 Å². The molecule has 0 saturated carbocycles. The van der Waals surface area contributed by atoms with E-state index in [1.807, 2.05) is 6.08 Å². The number of hydrogen-bond donors (Lipinski definition) is 3. The molecule has 0 aromatic rings. The minimum absolute atomic E-state index is 0.00258. The molecule has 444 valence electrons. The molecule has 75 heavy (non-hydrogen) atoms. The molecule has 0 heterocycles. The maximum atomic E-state index is 12.5. The molecule has 0 aliphatic rings. The Bertz CT molecular complexity index is 1170. The van der Waals surface area contributed by atoms with Gasteiger partial charge in [-0.25, -0.2) is 0 Å². The van der Waals surface area contributed by atoms with E-state index in [1.54, 1.807) is 6.08 Å². The summed E-state index contributed by atoms with van der Waals surface area (Å²) in [6, 6.07) is -0.638. The second-order valence-electron chi connectivity index (χ2n) is 23.5. The average molecular weight is 1060 g/mol. The van der Waals surface area contributed by atoms with Crippen LogP contribution in [0.4, 0.5) is 0 Å². The van der Waals surface area contributed by atoms with Crippen molar-refractivity contribution in [1.29, 1.82) is 0 Å². The second kappa shape index (κ2) is 64.9. The summed E-state index contributed by atoms with van der Waals surface area (Å²) in [5.74, 6) is -0.0733. The molecule has 0 aliphatic heterocycles. The predicted octanol–water partition coefficient (Wildman–Crippen LogP) is 21.8. The van der Waals surface area contributed by atoms with Crippen LogP contribution in [-0.2, 0) is 14.3 Å². The van der Waals surface area contributed by atoms with Crippen LogP contribution in [0.5, 0.6) is 0 Å². The van der Waals surface area contributed by atoms with Crippen molar-refractivity contribution in [2.75, 3.05) is 13.2 Å². The summed E-state index contributed by atoms with van der Waals surface area (Å²) in [6.07, 6.45) is 80.9. The van der Waals surface area contributed by atoms with Crippen LogP contribution >= 0.6 is 0 Å². The van der Waals surface area contributed by atoms with Gasteiger partial charge in [0.15, 0.2) is 0 Å². The van der Waals surface area contributed by atoms with Gasteiger partial charge in [0.25, 0.3) is 0 Å². The Hall–Kier alpha value is -1.66. The molecule has 6 heteroatoms. The number of aliphatic hydroxyl groups is 2. The van der Waals surface area contributed by atoms with Gasteiger partial charge in [0.1, 0.15) is 0 Å². The van der Waals surface area contributed by atoms with Crippen molar-refractivity contribution in [2.45, 2.75) is 392 Å². The lowest BCUT2D eigenvalue weighted by molar-refractivity contribution is -0.143. The number of allylic oxidation sites excluding steroid dienone is 3. The van der Waals surface area contributed by atoms with E-state index in [0.717, 1.165) is 57.8 Å². The fraction of sp³-hybridized carbons (Fsp3) is 0.913. The van der Waals surface area contributed by atoms with Crippen molar-refractivity contribution in [1.82, 2.24) is 5.32 Å². The number of unbranched alkanes of at least 4 members (excludes halogenated alkanes) is 51. The van der Waals surface area contributed by atoms with Crippen LogP contribution in [0.25, 0.3) is 0 Å². The number of aliphatic hydroxyl groups excluding tert-OH is 2. The van der Waals surface area contributed by atoms with E-state index in [9.17, 15) is 19.8 Å². The molecule has 2 unspecified atom stereocenters. The van der Waals surface area contributed by atoms with E-state index < -0.39 is 12.1 Å². The second-order valence-corrected chi connectivity index (χ2v) is 23.5. The molecule has 0 spiro atoms. The molecule has 0 aliphatic carbocycles. The zero-order chi connectivity index (χ0) is 54.3. The molecule has 0 fully saturated rings. The van der Waals surface area contributed by atoms with Crippen molar-refractivity contribution in [2.24, 2.45) is 0 Å². The van der Waals surface area contributed by atoms with Crippen molar-refractivity contribution >= 4 is 11.9 Å². The Balaban J connectivity index is 3.46. The van der Waals surface area contributed by atoms with E-state index in [-0.39, 0.29) is 18.5 Å². The van der Waals surface area contributed by atoms with E-state index in [0.29, 0.717) is 19.4 Å². The molecule has 0 aromatic carbocycles. The van der Waals surface area contributed by atoms with Gasteiger partial charge in [-0.2, -0.15) is 0 Å². The monoisotopic (exact) mass is 1060 g/mol. The highest BCUT2D eigenvalue weighted by molar-refractivity contribution is 5.76. The first-order chi connectivity index (χ1) is 37.0. The van der Waals surface area contributed by atoms with Crippen molar-refractivity contribution in [3.63, 3.8) is 0 Å². The lowest BCUT2D eigenvalue weighted by Crippen LogP contribution is -2.45. The predicted molar refractivity (Wildman–Crippen MR) is 329 cm³/mol. The number of nitrogens with one attached hydrogen (secondary N) is 1. The van der Waals surface area contributed by atoms with Gasteiger partial charge in [-0.3, -0.25) is 9.59 Å². The fourth-order valence-corrected chi connectivity index (χ4v) is 10.7. The maximum Gasteiger partial charge on any atom is 0.305 e. The van der Waals surface area contributed by atoms with Gasteiger partial charge >= 0.3 is 5.97 Å². The Morgan fingerprint density at radius 1 is 0.360 bits per heavy atom. The van der Waals surface area contributed by atoms with Crippen LogP contribution in [0.15, 0.2) is 24.3 Å². The number of hydrogen-bond acceptors (Lipinski definition) is 5. The zero-order valence-corrected chi connectivity index (χ0v) is 50.8. The summed E-state index contributed by atoms with van der Waals surface area (Å²) in [5.41, 5.74) is 0. The van der Waals surface area contributed by atoms with E-state index in [2.05, 4.69) is 31.3 Å². The Morgan fingerprint density at radius 2 is 0.627 bits per heavy atom. The summed E-state index contributed by atoms with van der Waals surface area (Å²) in [5, 5.41) is 23.2. The third-order valence-corrected chi connectivity index (χ3v) is 16.0. The van der Waals surface area contributed by atoms with Crippen molar-refractivity contribution < 1.29 is 24.5 Å². The van der Waals surface area contributed by atoms with E-state index in [4.69, 9.17) is 4.74 Å². The first kappa shape index (κ1) is 73.3. The first-order valence-corrected chi connectivity index (χ1v) is 34.1. The molecule has 3 N–H and O–H groups in total. The number of carbonyl (C=O) groups excluding carboxylic acids is 2. The van der Waals surface area contributed by atoms with Gasteiger partial charge in [-0.15, -0.1) is 0 Å². The van der Waals surface area contributed by atoms with Crippen molar-refractivity contribution in [3.8, 4) is 0 Å². The van der Waals surface area contributed by atoms with Gasteiger partial charge in [0, 0.05) is 12.8 Å². The van der Waals surface area contributed by atoms with Gasteiger partial charge in [0.05, 0.1) is 25.4 Å². The Kier molecular flexibility index (Phi) is 63.4. The highest BCUT2D eigenvalue weighted by atomic mass is 16.5. The summed E-state index contributed by atoms with van der Waals surface area (Å²) in [4.78, 5) is 24.6. The highest BCUT2D eigenvalue weighted by Crippen LogP contribution is 2.18. The van der Waals surface area contributed by atoms with Crippen LogP contribution in [0, 0.1) is 0 Å². The van der Waals surface area contributed by atoms with Gasteiger partial charge in [-0.05, 0) is 57.8 Å². The normalized spacial score (nSPS) is 12.6. The molecular formula is C69H133NO5. The van der Waals surface area contributed by atoms with Crippen LogP contribution in [0.2, 0.25) is 0 Å². The molecule has 1 amide bonds. The number of ether oxygens (including phenoxy) is 1. The zero-order valence-electron chi connectivity index (χ0n) is 50.8. The smallest absolute Gasteiger partial charge is 0.305 e. The van der Waals surface area contributed by atoms with E-state index >= 15 is 0 Å². The number of carbonyl (C=O) groups is 2. The maximum absolute atomic E-state index is 12.5. The molecule has 6 nitrogen and oxygen atoms in total. The SMILES string of the molecule is CCCCCCCCCCCCCCCCCCCCCCC/C=C/C(O)C(CO)NC(=O)CCCCCCCCC/C=C\CCCCCCCCOC(=O)CCCCCCCCCCCCCCCCCCCC. The third kappa shape index (κ3) is 61.4. The van der Waals surface area contributed by atoms with E-state index in [1.165, 1.54) is 295 Å². The molecular weight excluding hydrogens is 923 g/mol. The Morgan fingerprint density at radius 3 is 0.947 bits per heavy atom. The summed E-state index contributed by atoms with van der Waals surface area (Å²) >= 11 is 0. The largest absolute Gasteiger partial charge is 0.466 e. The van der Waals surface area contributed by atoms with Gasteiger partial charge in [-0.1, -0.05) is 334 Å². The fourth-order valence-electron chi connectivity index (χ4n) is 10.7. The summed E-state index contributed by atoms with van der Waals surface area (Å²) < 4.78 is 5.49. The van der Waals surface area contributed by atoms with Gasteiger partial charge in [0.2, 0.25) is 5.91 Å². The standard InChI is InChI=1S/C69H133NO5/c1-3-5-7-9-11-13-15-17-19-21-23-24-25-26-27-29-33-37-41-45-49-53-57-61-67(72)66(65-71)70-68(73)62-58-54-50-46-42-38-34-30-28-32-36-40-44-48-52-56-60-64-75-69(74)63-59-55-51-47-43-39-35-31-22-20-18-16-14-12-10-8-6-4-2/h28,32,57,61,66-67,71-72H,3-27,29-31,33-56,58-60,62-65H2,1-2H3,(H,70,73)/b32-28-,61-57+. The topological polar surface area (TPSA) is 95.9 Å². The minimum Gasteiger partial charge on any atom is -0.466 e. The van der Waals surface area contributed by atoms with Crippen LogP contribution in [0.3, 0.4) is 0 Å². The number of rotatable bonds is 64. The molecule has 0 bridgehead atoms. The molecule has 0 aromatic heterocycles. The van der Waals surface area contributed by atoms with Crippen LogP contribution < -0.4 is 5.32 Å². The quantitative estimate of drug-likeness (QED) is 0.0320. The molecule has 2 atom stereocenters. The van der Waals surface area contributed by atoms with Gasteiger partial charge < -0.3 is 20.3 Å². The first-order valence-electron chi connectivity index (χ1n) is 34.1. The molecule has 0 rings (SSSR count).